The zero-order valence-corrected chi connectivity index (χ0v) is 13.7. The van der Waals surface area contributed by atoms with Gasteiger partial charge in [0.25, 0.3) is 0 Å². The number of hydrogen-bond donors (Lipinski definition) is 1. The summed E-state index contributed by atoms with van der Waals surface area (Å²) in [5.74, 6) is 2.06. The van der Waals surface area contributed by atoms with Crippen LogP contribution in [0.5, 0.6) is 0 Å². The van der Waals surface area contributed by atoms with Crippen molar-refractivity contribution in [2.24, 2.45) is 0 Å². The van der Waals surface area contributed by atoms with Crippen LogP contribution in [0.15, 0.2) is 33.6 Å². The van der Waals surface area contributed by atoms with E-state index in [2.05, 4.69) is 44.6 Å². The smallest absolute Gasteiger partial charge is 0.169 e. The quantitative estimate of drug-likeness (QED) is 0.792. The molecule has 0 aliphatic carbocycles. The third-order valence-corrected chi connectivity index (χ3v) is 3.66. The maximum atomic E-state index is 5.71. The molecular weight excluding hydrogens is 318 g/mol. The van der Waals surface area contributed by atoms with Crippen molar-refractivity contribution in [2.75, 3.05) is 6.54 Å². The number of furan rings is 1. The van der Waals surface area contributed by atoms with E-state index in [-0.39, 0.29) is 6.04 Å². The minimum atomic E-state index is 0.166. The molecule has 2 rings (SSSR count). The van der Waals surface area contributed by atoms with Gasteiger partial charge in [-0.2, -0.15) is 0 Å². The average Bonchev–Trinajstić information content (AvgIpc) is 3.04. The Labute approximate surface area is 128 Å². The highest BCUT2D eigenvalue weighted by atomic mass is 79.9. The molecule has 0 aliphatic heterocycles. The van der Waals surface area contributed by atoms with Crippen molar-refractivity contribution in [3.8, 4) is 0 Å². The van der Waals surface area contributed by atoms with E-state index in [0.717, 1.165) is 48.6 Å². The molecule has 2 aromatic rings. The lowest BCUT2D eigenvalue weighted by Crippen LogP contribution is -2.25. The molecule has 0 aromatic carbocycles. The van der Waals surface area contributed by atoms with Gasteiger partial charge in [-0.25, -0.2) is 4.98 Å². The third kappa shape index (κ3) is 3.96. The standard InChI is InChI=1S/C15H22BrN3O/c1-3-7-17-12(13-5-6-14(16)20-13)11-15-18-8-10-19(15)9-4-2/h5-6,8,10,12,17H,3-4,7,9,11H2,1-2H3. The molecule has 2 heterocycles. The number of rotatable bonds is 8. The summed E-state index contributed by atoms with van der Waals surface area (Å²) in [6.45, 7) is 6.33. The molecule has 4 nitrogen and oxygen atoms in total. The van der Waals surface area contributed by atoms with Crippen LogP contribution < -0.4 is 5.32 Å². The van der Waals surface area contributed by atoms with Crippen LogP contribution in [0.4, 0.5) is 0 Å². The zero-order chi connectivity index (χ0) is 14.4. The number of aromatic nitrogens is 2. The van der Waals surface area contributed by atoms with Gasteiger partial charge in [-0.1, -0.05) is 13.8 Å². The molecule has 2 aromatic heterocycles. The molecule has 0 fully saturated rings. The predicted molar refractivity (Wildman–Crippen MR) is 83.7 cm³/mol. The van der Waals surface area contributed by atoms with E-state index in [1.165, 1.54) is 0 Å². The van der Waals surface area contributed by atoms with Gasteiger partial charge < -0.3 is 14.3 Å². The van der Waals surface area contributed by atoms with Gasteiger partial charge >= 0.3 is 0 Å². The summed E-state index contributed by atoms with van der Waals surface area (Å²) >= 11 is 3.37. The number of hydrogen-bond acceptors (Lipinski definition) is 3. The Morgan fingerprint density at radius 2 is 2.20 bits per heavy atom. The molecular formula is C15H22BrN3O. The van der Waals surface area contributed by atoms with Gasteiger partial charge in [-0.15, -0.1) is 0 Å². The molecule has 0 aliphatic rings. The Hall–Kier alpha value is -1.07. The monoisotopic (exact) mass is 339 g/mol. The molecule has 0 amide bonds. The van der Waals surface area contributed by atoms with E-state index >= 15 is 0 Å². The van der Waals surface area contributed by atoms with E-state index in [1.807, 2.05) is 24.5 Å². The van der Waals surface area contributed by atoms with Crippen LogP contribution in [0.1, 0.15) is 44.3 Å². The first-order valence-corrected chi connectivity index (χ1v) is 8.02. The second-order valence-corrected chi connectivity index (χ2v) is 5.67. The molecule has 0 bridgehead atoms. The first-order valence-electron chi connectivity index (χ1n) is 7.23. The fourth-order valence-corrected chi connectivity index (χ4v) is 2.58. The lowest BCUT2D eigenvalue weighted by atomic mass is 10.1. The third-order valence-electron chi connectivity index (χ3n) is 3.23. The number of nitrogens with one attached hydrogen (secondary N) is 1. The number of aryl methyl sites for hydroxylation is 1. The molecule has 0 spiro atoms. The van der Waals surface area contributed by atoms with Crippen LogP contribution in [-0.4, -0.2) is 16.1 Å². The van der Waals surface area contributed by atoms with Crippen molar-refractivity contribution >= 4 is 15.9 Å². The molecule has 0 saturated heterocycles. The Morgan fingerprint density at radius 1 is 1.35 bits per heavy atom. The highest BCUT2D eigenvalue weighted by Gasteiger charge is 2.17. The minimum Gasteiger partial charge on any atom is -0.453 e. The largest absolute Gasteiger partial charge is 0.453 e. The van der Waals surface area contributed by atoms with Crippen LogP contribution in [0.2, 0.25) is 0 Å². The predicted octanol–water partition coefficient (Wildman–Crippen LogP) is 3.93. The van der Waals surface area contributed by atoms with Crippen LogP contribution in [0.25, 0.3) is 0 Å². The second-order valence-electron chi connectivity index (χ2n) is 4.89. The summed E-state index contributed by atoms with van der Waals surface area (Å²) in [5, 5.41) is 3.54. The van der Waals surface area contributed by atoms with E-state index in [1.54, 1.807) is 0 Å². The Bertz CT molecular complexity index is 521. The topological polar surface area (TPSA) is 43.0 Å². The number of halogens is 1. The average molecular weight is 340 g/mol. The summed E-state index contributed by atoms with van der Waals surface area (Å²) < 4.78 is 8.70. The summed E-state index contributed by atoms with van der Waals surface area (Å²) in [7, 11) is 0. The zero-order valence-electron chi connectivity index (χ0n) is 12.1. The summed E-state index contributed by atoms with van der Waals surface area (Å²) in [6.07, 6.45) is 6.98. The normalized spacial score (nSPS) is 12.8. The molecule has 1 N–H and O–H groups in total. The van der Waals surface area contributed by atoms with Crippen LogP contribution in [-0.2, 0) is 13.0 Å². The van der Waals surface area contributed by atoms with Crippen molar-refractivity contribution in [1.29, 1.82) is 0 Å². The molecule has 110 valence electrons. The van der Waals surface area contributed by atoms with Crippen molar-refractivity contribution in [2.45, 2.75) is 45.7 Å². The van der Waals surface area contributed by atoms with E-state index in [4.69, 9.17) is 4.42 Å². The molecule has 5 heteroatoms. The maximum absolute atomic E-state index is 5.71. The molecule has 1 atom stereocenters. The molecule has 0 saturated carbocycles. The van der Waals surface area contributed by atoms with Crippen molar-refractivity contribution in [3.05, 3.63) is 40.8 Å². The fraction of sp³-hybridized carbons (Fsp3) is 0.533. The van der Waals surface area contributed by atoms with E-state index in [0.29, 0.717) is 0 Å². The lowest BCUT2D eigenvalue weighted by molar-refractivity contribution is 0.392. The van der Waals surface area contributed by atoms with Gasteiger partial charge in [0.05, 0.1) is 6.04 Å². The minimum absolute atomic E-state index is 0.166. The Balaban J connectivity index is 2.12. The maximum Gasteiger partial charge on any atom is 0.169 e. The van der Waals surface area contributed by atoms with Crippen LogP contribution in [0, 0.1) is 0 Å². The summed E-state index contributed by atoms with van der Waals surface area (Å²) in [5.41, 5.74) is 0. The highest BCUT2D eigenvalue weighted by Crippen LogP contribution is 2.23. The van der Waals surface area contributed by atoms with Crippen molar-refractivity contribution in [1.82, 2.24) is 14.9 Å². The molecule has 0 radical (unpaired) electrons. The van der Waals surface area contributed by atoms with Crippen molar-refractivity contribution < 1.29 is 4.42 Å². The van der Waals surface area contributed by atoms with Gasteiger partial charge in [0.2, 0.25) is 0 Å². The van der Waals surface area contributed by atoms with Gasteiger partial charge in [-0.3, -0.25) is 0 Å². The van der Waals surface area contributed by atoms with E-state index in [9.17, 15) is 0 Å². The second kappa shape index (κ2) is 7.64. The Kier molecular flexibility index (Phi) is 5.86. The molecule has 20 heavy (non-hydrogen) atoms. The number of imidazole rings is 1. The fourth-order valence-electron chi connectivity index (χ4n) is 2.26. The summed E-state index contributed by atoms with van der Waals surface area (Å²) in [4.78, 5) is 4.48. The van der Waals surface area contributed by atoms with Gasteiger partial charge in [0, 0.05) is 25.4 Å². The first kappa shape index (κ1) is 15.3. The van der Waals surface area contributed by atoms with Crippen molar-refractivity contribution in [3.63, 3.8) is 0 Å². The first-order chi connectivity index (χ1) is 9.74. The Morgan fingerprint density at radius 3 is 2.85 bits per heavy atom. The van der Waals surface area contributed by atoms with Gasteiger partial charge in [-0.05, 0) is 47.4 Å². The lowest BCUT2D eigenvalue weighted by Gasteiger charge is -2.17. The SMILES string of the molecule is CCCNC(Cc1nccn1CCC)c1ccc(Br)o1. The highest BCUT2D eigenvalue weighted by molar-refractivity contribution is 9.10. The summed E-state index contributed by atoms with van der Waals surface area (Å²) in [6, 6.07) is 4.12. The van der Waals surface area contributed by atoms with Gasteiger partial charge in [0.15, 0.2) is 4.67 Å². The molecule has 1 unspecified atom stereocenters. The van der Waals surface area contributed by atoms with E-state index < -0.39 is 0 Å². The van der Waals surface area contributed by atoms with Crippen LogP contribution in [0.3, 0.4) is 0 Å². The van der Waals surface area contributed by atoms with Gasteiger partial charge in [0.1, 0.15) is 11.6 Å². The number of nitrogens with zero attached hydrogens (tertiary/aromatic N) is 2. The van der Waals surface area contributed by atoms with Crippen LogP contribution >= 0.6 is 15.9 Å².